The third kappa shape index (κ3) is 3.80. The van der Waals surface area contributed by atoms with Gasteiger partial charge in [-0.3, -0.25) is 9.69 Å². The first-order valence-corrected chi connectivity index (χ1v) is 5.92. The van der Waals surface area contributed by atoms with Crippen LogP contribution in [0.1, 0.15) is 32.6 Å². The summed E-state index contributed by atoms with van der Waals surface area (Å²) in [7, 11) is 0. The maximum absolute atomic E-state index is 11.8. The summed E-state index contributed by atoms with van der Waals surface area (Å²) in [6.07, 6.45) is 4.10. The van der Waals surface area contributed by atoms with Crippen LogP contribution in [0, 0.1) is 0 Å². The lowest BCUT2D eigenvalue weighted by Crippen LogP contribution is -2.47. The van der Waals surface area contributed by atoms with Gasteiger partial charge in [-0.2, -0.15) is 0 Å². The van der Waals surface area contributed by atoms with Gasteiger partial charge in [0.25, 0.3) is 0 Å². The lowest BCUT2D eigenvalue weighted by Gasteiger charge is -2.28. The van der Waals surface area contributed by atoms with Gasteiger partial charge in [-0.25, -0.2) is 0 Å². The number of aliphatic hydroxyl groups excluding tert-OH is 1. The minimum atomic E-state index is -0.0281. The Morgan fingerprint density at radius 1 is 1.47 bits per heavy atom. The third-order valence-electron chi connectivity index (χ3n) is 2.85. The Hall–Kier alpha value is -0.610. The summed E-state index contributed by atoms with van der Waals surface area (Å²) < 4.78 is 0. The number of amides is 1. The zero-order valence-electron chi connectivity index (χ0n) is 9.54. The molecule has 1 fully saturated rings. The van der Waals surface area contributed by atoms with Gasteiger partial charge in [-0.1, -0.05) is 6.92 Å². The SMILES string of the molecule is CCCN(CCO)C1CCCCNC1=O. The van der Waals surface area contributed by atoms with Crippen molar-refractivity contribution in [2.75, 3.05) is 26.2 Å². The molecule has 1 amide bonds. The van der Waals surface area contributed by atoms with E-state index >= 15 is 0 Å². The molecule has 4 nitrogen and oxygen atoms in total. The number of nitrogens with one attached hydrogen (secondary N) is 1. The number of hydrogen-bond acceptors (Lipinski definition) is 3. The number of rotatable bonds is 5. The molecule has 0 aromatic carbocycles. The predicted molar refractivity (Wildman–Crippen MR) is 59.6 cm³/mol. The molecule has 1 saturated heterocycles. The molecule has 0 spiro atoms. The molecule has 15 heavy (non-hydrogen) atoms. The Kier molecular flexibility index (Phi) is 5.65. The Morgan fingerprint density at radius 2 is 2.27 bits per heavy atom. The van der Waals surface area contributed by atoms with Crippen LogP contribution >= 0.6 is 0 Å². The monoisotopic (exact) mass is 214 g/mol. The van der Waals surface area contributed by atoms with Crippen molar-refractivity contribution in [2.24, 2.45) is 0 Å². The number of nitrogens with zero attached hydrogens (tertiary/aromatic N) is 1. The zero-order chi connectivity index (χ0) is 11.1. The molecule has 1 unspecified atom stereocenters. The molecule has 1 aliphatic heterocycles. The standard InChI is InChI=1S/C11H22N2O2/c1-2-7-13(8-9-14)10-5-3-4-6-12-11(10)15/h10,14H,2-9H2,1H3,(H,12,15). The number of aliphatic hydroxyl groups is 1. The minimum Gasteiger partial charge on any atom is -0.395 e. The molecule has 0 bridgehead atoms. The second-order valence-electron chi connectivity index (χ2n) is 4.06. The molecule has 4 heteroatoms. The van der Waals surface area contributed by atoms with E-state index in [-0.39, 0.29) is 18.6 Å². The van der Waals surface area contributed by atoms with E-state index in [1.807, 2.05) is 0 Å². The average Bonchev–Trinajstić information content (AvgIpc) is 2.43. The minimum absolute atomic E-state index is 0.0281. The molecular weight excluding hydrogens is 192 g/mol. The van der Waals surface area contributed by atoms with Crippen LogP contribution in [0.4, 0.5) is 0 Å². The predicted octanol–water partition coefficient (Wildman–Crippen LogP) is 0.359. The highest BCUT2D eigenvalue weighted by molar-refractivity contribution is 5.81. The smallest absolute Gasteiger partial charge is 0.237 e. The molecule has 0 saturated carbocycles. The van der Waals surface area contributed by atoms with Crippen molar-refractivity contribution in [2.45, 2.75) is 38.6 Å². The van der Waals surface area contributed by atoms with Gasteiger partial charge in [0.15, 0.2) is 0 Å². The second-order valence-corrected chi connectivity index (χ2v) is 4.06. The van der Waals surface area contributed by atoms with Gasteiger partial charge < -0.3 is 10.4 Å². The average molecular weight is 214 g/mol. The fraction of sp³-hybridized carbons (Fsp3) is 0.909. The molecule has 88 valence electrons. The summed E-state index contributed by atoms with van der Waals surface area (Å²) in [5.74, 6) is 0.134. The van der Waals surface area contributed by atoms with E-state index in [1.165, 1.54) is 0 Å². The van der Waals surface area contributed by atoms with Crippen LogP contribution in [0.3, 0.4) is 0 Å². The molecule has 1 rings (SSSR count). The van der Waals surface area contributed by atoms with Crippen LogP contribution in [0.5, 0.6) is 0 Å². The van der Waals surface area contributed by atoms with Crippen LogP contribution < -0.4 is 5.32 Å². The number of carbonyl (C=O) groups is 1. The zero-order valence-corrected chi connectivity index (χ0v) is 9.54. The maximum Gasteiger partial charge on any atom is 0.237 e. The topological polar surface area (TPSA) is 52.6 Å². The molecule has 1 heterocycles. The third-order valence-corrected chi connectivity index (χ3v) is 2.85. The van der Waals surface area contributed by atoms with Gasteiger partial charge in [0.1, 0.15) is 0 Å². The van der Waals surface area contributed by atoms with E-state index in [4.69, 9.17) is 5.11 Å². The highest BCUT2D eigenvalue weighted by atomic mass is 16.3. The van der Waals surface area contributed by atoms with Gasteiger partial charge in [-0.15, -0.1) is 0 Å². The summed E-state index contributed by atoms with van der Waals surface area (Å²) in [6, 6.07) is -0.0281. The van der Waals surface area contributed by atoms with Crippen LogP contribution in [0.25, 0.3) is 0 Å². The molecular formula is C11H22N2O2. The van der Waals surface area contributed by atoms with Crippen LogP contribution in [0.15, 0.2) is 0 Å². The summed E-state index contributed by atoms with van der Waals surface area (Å²) in [5, 5.41) is 11.9. The van der Waals surface area contributed by atoms with Crippen molar-refractivity contribution < 1.29 is 9.90 Å². The van der Waals surface area contributed by atoms with Crippen molar-refractivity contribution in [3.63, 3.8) is 0 Å². The fourth-order valence-corrected chi connectivity index (χ4v) is 2.11. The summed E-state index contributed by atoms with van der Waals surface area (Å²) >= 11 is 0. The van der Waals surface area contributed by atoms with Crippen LogP contribution in [-0.4, -0.2) is 48.2 Å². The molecule has 2 N–H and O–H groups in total. The fourth-order valence-electron chi connectivity index (χ4n) is 2.11. The van der Waals surface area contributed by atoms with E-state index < -0.39 is 0 Å². The first-order chi connectivity index (χ1) is 7.29. The summed E-state index contributed by atoms with van der Waals surface area (Å²) in [4.78, 5) is 13.9. The molecule has 0 aromatic rings. The Bertz CT molecular complexity index is 191. The number of hydrogen-bond donors (Lipinski definition) is 2. The van der Waals surface area contributed by atoms with Crippen molar-refractivity contribution in [1.29, 1.82) is 0 Å². The van der Waals surface area contributed by atoms with Gasteiger partial charge in [0.2, 0.25) is 5.91 Å². The van der Waals surface area contributed by atoms with E-state index in [1.54, 1.807) is 0 Å². The normalized spacial score (nSPS) is 22.6. The van der Waals surface area contributed by atoms with Crippen molar-refractivity contribution in [3.8, 4) is 0 Å². The summed E-state index contributed by atoms with van der Waals surface area (Å²) in [5.41, 5.74) is 0. The lowest BCUT2D eigenvalue weighted by molar-refractivity contribution is -0.126. The second kappa shape index (κ2) is 6.80. The summed E-state index contributed by atoms with van der Waals surface area (Å²) in [6.45, 7) is 4.52. The Balaban J connectivity index is 2.57. The number of carbonyl (C=O) groups excluding carboxylic acids is 1. The first kappa shape index (κ1) is 12.5. The Labute approximate surface area is 91.6 Å². The molecule has 0 aliphatic carbocycles. The highest BCUT2D eigenvalue weighted by Crippen LogP contribution is 2.12. The van der Waals surface area contributed by atoms with Crippen molar-refractivity contribution in [3.05, 3.63) is 0 Å². The van der Waals surface area contributed by atoms with E-state index in [0.29, 0.717) is 6.54 Å². The Morgan fingerprint density at radius 3 is 2.93 bits per heavy atom. The van der Waals surface area contributed by atoms with Gasteiger partial charge in [0.05, 0.1) is 12.6 Å². The van der Waals surface area contributed by atoms with Crippen molar-refractivity contribution >= 4 is 5.91 Å². The highest BCUT2D eigenvalue weighted by Gasteiger charge is 2.25. The van der Waals surface area contributed by atoms with E-state index in [9.17, 15) is 4.79 Å². The maximum atomic E-state index is 11.8. The molecule has 1 aliphatic rings. The molecule has 0 radical (unpaired) electrons. The van der Waals surface area contributed by atoms with Gasteiger partial charge in [-0.05, 0) is 32.2 Å². The van der Waals surface area contributed by atoms with E-state index in [0.717, 1.165) is 38.8 Å². The van der Waals surface area contributed by atoms with E-state index in [2.05, 4.69) is 17.1 Å². The quantitative estimate of drug-likeness (QED) is 0.695. The van der Waals surface area contributed by atoms with Crippen molar-refractivity contribution in [1.82, 2.24) is 10.2 Å². The molecule has 1 atom stereocenters. The van der Waals surface area contributed by atoms with Gasteiger partial charge in [0, 0.05) is 13.1 Å². The molecule has 0 aromatic heterocycles. The van der Waals surface area contributed by atoms with Crippen LogP contribution in [-0.2, 0) is 4.79 Å². The van der Waals surface area contributed by atoms with Crippen LogP contribution in [0.2, 0.25) is 0 Å². The lowest BCUT2D eigenvalue weighted by atomic mass is 10.1. The largest absolute Gasteiger partial charge is 0.395 e. The first-order valence-electron chi connectivity index (χ1n) is 5.92. The van der Waals surface area contributed by atoms with Gasteiger partial charge >= 0.3 is 0 Å².